The van der Waals surface area contributed by atoms with E-state index in [9.17, 15) is 4.79 Å². The monoisotopic (exact) mass is 356 g/mol. The van der Waals surface area contributed by atoms with Crippen molar-refractivity contribution in [2.45, 2.75) is 58.4 Å². The van der Waals surface area contributed by atoms with E-state index < -0.39 is 0 Å². The van der Waals surface area contributed by atoms with Crippen LogP contribution in [0, 0.1) is 0 Å². The summed E-state index contributed by atoms with van der Waals surface area (Å²) in [5, 5.41) is 4.01. The smallest absolute Gasteiger partial charge is 0.277 e. The van der Waals surface area contributed by atoms with Crippen LogP contribution >= 0.6 is 0 Å². The predicted octanol–water partition coefficient (Wildman–Crippen LogP) is 2.74. The van der Waals surface area contributed by atoms with Crippen LogP contribution in [-0.4, -0.2) is 41.4 Å². The summed E-state index contributed by atoms with van der Waals surface area (Å²) in [6, 6.07) is 0. The van der Waals surface area contributed by atoms with Gasteiger partial charge in [0.1, 0.15) is 5.57 Å². The number of likely N-dealkylation sites (tertiary alicyclic amines) is 1. The molecule has 0 spiro atoms. The Labute approximate surface area is 154 Å². The van der Waals surface area contributed by atoms with Gasteiger partial charge in [0.05, 0.1) is 6.61 Å². The first-order valence-electron chi connectivity index (χ1n) is 9.94. The minimum absolute atomic E-state index is 0.190. The number of hydrazone groups is 1. The number of rotatable bonds is 4. The zero-order valence-electron chi connectivity index (χ0n) is 15.6. The molecule has 3 heterocycles. The number of fused-ring (bicyclic) bond motifs is 1. The number of ether oxygens (including phenoxy) is 1. The van der Waals surface area contributed by atoms with Crippen molar-refractivity contribution in [1.29, 1.82) is 0 Å². The molecular formula is C20H28N4O2. The molecule has 0 saturated carbocycles. The second-order valence-electron chi connectivity index (χ2n) is 7.37. The maximum atomic E-state index is 12.2. The summed E-state index contributed by atoms with van der Waals surface area (Å²) in [6.45, 7) is 5.70. The number of hydrogen-bond acceptors (Lipinski definition) is 4. The highest BCUT2D eigenvalue weighted by Crippen LogP contribution is 2.30. The first-order chi connectivity index (χ1) is 12.8. The summed E-state index contributed by atoms with van der Waals surface area (Å²) in [5.74, 6) is 0.207. The van der Waals surface area contributed by atoms with E-state index >= 15 is 0 Å². The Hall–Kier alpha value is -2.08. The third-order valence-corrected chi connectivity index (χ3v) is 5.58. The average Bonchev–Trinajstić information content (AvgIpc) is 3.18. The van der Waals surface area contributed by atoms with Gasteiger partial charge in [-0.1, -0.05) is 6.42 Å². The van der Waals surface area contributed by atoms with E-state index in [-0.39, 0.29) is 5.91 Å². The van der Waals surface area contributed by atoms with Gasteiger partial charge in [-0.05, 0) is 75.7 Å². The van der Waals surface area contributed by atoms with E-state index in [1.807, 2.05) is 13.0 Å². The van der Waals surface area contributed by atoms with Gasteiger partial charge in [0.25, 0.3) is 5.91 Å². The van der Waals surface area contributed by atoms with Gasteiger partial charge < -0.3 is 9.72 Å². The predicted molar refractivity (Wildman–Crippen MR) is 102 cm³/mol. The molecule has 140 valence electrons. The number of carbonyl (C=O) groups is 1. The summed E-state index contributed by atoms with van der Waals surface area (Å²) < 4.78 is 5.52. The lowest BCUT2D eigenvalue weighted by Gasteiger charge is -2.27. The van der Waals surface area contributed by atoms with Gasteiger partial charge in [0.15, 0.2) is 0 Å². The van der Waals surface area contributed by atoms with Crippen LogP contribution in [0.25, 0.3) is 6.08 Å². The molecule has 3 aliphatic rings. The molecule has 2 N–H and O–H groups in total. The topological polar surface area (TPSA) is 69.7 Å². The number of aromatic amines is 1. The molecule has 6 heteroatoms. The van der Waals surface area contributed by atoms with Crippen molar-refractivity contribution >= 4 is 17.9 Å². The van der Waals surface area contributed by atoms with Crippen molar-refractivity contribution in [3.05, 3.63) is 28.1 Å². The highest BCUT2D eigenvalue weighted by molar-refractivity contribution is 6.24. The van der Waals surface area contributed by atoms with Crippen molar-refractivity contribution in [1.82, 2.24) is 15.3 Å². The molecule has 2 aliphatic heterocycles. The highest BCUT2D eigenvalue weighted by atomic mass is 16.5. The fourth-order valence-electron chi connectivity index (χ4n) is 4.26. The molecule has 1 fully saturated rings. The van der Waals surface area contributed by atoms with Gasteiger partial charge >= 0.3 is 0 Å². The molecule has 1 amide bonds. The van der Waals surface area contributed by atoms with E-state index in [2.05, 4.69) is 20.4 Å². The Morgan fingerprint density at radius 2 is 1.96 bits per heavy atom. The molecule has 0 unspecified atom stereocenters. The van der Waals surface area contributed by atoms with Crippen LogP contribution in [0.1, 0.15) is 61.5 Å². The lowest BCUT2D eigenvalue weighted by Crippen LogP contribution is -2.29. The molecule has 1 aromatic heterocycles. The quantitative estimate of drug-likeness (QED) is 0.815. The van der Waals surface area contributed by atoms with Crippen LogP contribution in [0.2, 0.25) is 0 Å². The van der Waals surface area contributed by atoms with Gasteiger partial charge in [-0.25, -0.2) is 5.43 Å². The van der Waals surface area contributed by atoms with Crippen molar-refractivity contribution < 1.29 is 9.53 Å². The van der Waals surface area contributed by atoms with E-state index in [0.29, 0.717) is 18.1 Å². The second-order valence-corrected chi connectivity index (χ2v) is 7.37. The van der Waals surface area contributed by atoms with Gasteiger partial charge in [-0.15, -0.1) is 5.10 Å². The van der Waals surface area contributed by atoms with Crippen LogP contribution < -0.4 is 5.43 Å². The van der Waals surface area contributed by atoms with E-state index in [1.54, 1.807) is 0 Å². The molecule has 6 nitrogen and oxygen atoms in total. The maximum Gasteiger partial charge on any atom is 0.277 e. The standard InChI is InChI=1S/C20H28N4O2/c1-2-26-20-15(19(25)22-23-20)12-18-16(13-24-10-6-3-7-11-24)14-8-4-5-9-17(14)21-18/h12,21H,2-11,13H2,1H3,(H,22,25)/b15-12-. The number of H-pyrrole nitrogens is 1. The number of aromatic nitrogens is 1. The van der Waals surface area contributed by atoms with E-state index in [4.69, 9.17) is 4.74 Å². The Morgan fingerprint density at radius 1 is 1.15 bits per heavy atom. The SMILES string of the molecule is CCOC1=NNC(=O)/C1=C/c1[nH]c2c(c1CN1CCCCC1)CCCC2. The molecule has 1 aliphatic carbocycles. The molecule has 26 heavy (non-hydrogen) atoms. The van der Waals surface area contributed by atoms with Gasteiger partial charge in [-0.2, -0.15) is 0 Å². The average molecular weight is 356 g/mol. The highest BCUT2D eigenvalue weighted by Gasteiger charge is 2.27. The van der Waals surface area contributed by atoms with Crippen molar-refractivity contribution in [3.8, 4) is 0 Å². The summed E-state index contributed by atoms with van der Waals surface area (Å²) in [6.07, 6.45) is 10.6. The van der Waals surface area contributed by atoms with Crippen LogP contribution in [0.4, 0.5) is 0 Å². The van der Waals surface area contributed by atoms with Gasteiger partial charge in [0, 0.05) is 17.9 Å². The van der Waals surface area contributed by atoms with Crippen LogP contribution in [0.3, 0.4) is 0 Å². The molecular weight excluding hydrogens is 328 g/mol. The number of nitrogens with one attached hydrogen (secondary N) is 2. The number of piperidine rings is 1. The van der Waals surface area contributed by atoms with Gasteiger partial charge in [0.2, 0.25) is 5.90 Å². The molecule has 1 saturated heterocycles. The Kier molecular flexibility index (Phi) is 5.11. The van der Waals surface area contributed by atoms with Gasteiger partial charge in [-0.3, -0.25) is 9.69 Å². The fourth-order valence-corrected chi connectivity index (χ4v) is 4.26. The Bertz CT molecular complexity index is 741. The number of carbonyl (C=O) groups excluding carboxylic acids is 1. The zero-order chi connectivity index (χ0) is 17.9. The van der Waals surface area contributed by atoms with E-state index in [0.717, 1.165) is 25.1 Å². The van der Waals surface area contributed by atoms with Crippen LogP contribution in [0.15, 0.2) is 10.7 Å². The second kappa shape index (κ2) is 7.66. The Balaban J connectivity index is 1.68. The molecule has 1 aromatic rings. The largest absolute Gasteiger partial charge is 0.476 e. The third kappa shape index (κ3) is 3.43. The molecule has 0 aromatic carbocycles. The summed E-state index contributed by atoms with van der Waals surface area (Å²) in [4.78, 5) is 18.4. The Morgan fingerprint density at radius 3 is 2.77 bits per heavy atom. The molecule has 0 radical (unpaired) electrons. The molecule has 4 rings (SSSR count). The fraction of sp³-hybridized carbons (Fsp3) is 0.600. The normalized spacial score (nSPS) is 22.3. The minimum Gasteiger partial charge on any atom is -0.476 e. The van der Waals surface area contributed by atoms with Crippen LogP contribution in [-0.2, 0) is 28.9 Å². The summed E-state index contributed by atoms with van der Waals surface area (Å²) in [5.41, 5.74) is 8.28. The molecule has 0 bridgehead atoms. The van der Waals surface area contributed by atoms with Crippen molar-refractivity contribution in [2.75, 3.05) is 19.7 Å². The van der Waals surface area contributed by atoms with Crippen LogP contribution in [0.5, 0.6) is 0 Å². The first-order valence-corrected chi connectivity index (χ1v) is 9.94. The number of nitrogens with zero attached hydrogens (tertiary/aromatic N) is 2. The minimum atomic E-state index is -0.190. The lowest BCUT2D eigenvalue weighted by atomic mass is 9.93. The van der Waals surface area contributed by atoms with Crippen molar-refractivity contribution in [3.63, 3.8) is 0 Å². The number of amides is 1. The summed E-state index contributed by atoms with van der Waals surface area (Å²) >= 11 is 0. The first kappa shape index (κ1) is 17.3. The number of hydrogen-bond donors (Lipinski definition) is 2. The number of aryl methyl sites for hydroxylation is 1. The maximum absolute atomic E-state index is 12.2. The lowest BCUT2D eigenvalue weighted by molar-refractivity contribution is -0.116. The zero-order valence-corrected chi connectivity index (χ0v) is 15.6. The summed E-state index contributed by atoms with van der Waals surface area (Å²) in [7, 11) is 0. The third-order valence-electron chi connectivity index (χ3n) is 5.58. The van der Waals surface area contributed by atoms with Crippen molar-refractivity contribution in [2.24, 2.45) is 5.10 Å². The molecule has 0 atom stereocenters. The van der Waals surface area contributed by atoms with E-state index in [1.165, 1.54) is 62.0 Å².